The summed E-state index contributed by atoms with van der Waals surface area (Å²) in [6.07, 6.45) is 0.856. The molecule has 1 aromatic carbocycles. The zero-order chi connectivity index (χ0) is 13.1. The molecule has 1 N–H and O–H groups in total. The first kappa shape index (κ1) is 13.8. The fraction of sp³-hybridized carbons (Fsp3) is 0.500. The first-order valence-electron chi connectivity index (χ1n) is 5.93. The van der Waals surface area contributed by atoms with Crippen molar-refractivity contribution in [2.75, 3.05) is 0 Å². The van der Waals surface area contributed by atoms with Crippen molar-refractivity contribution in [2.24, 2.45) is 0 Å². The molecule has 0 aromatic heterocycles. The normalized spacial score (nSPS) is 11.6. The predicted octanol–water partition coefficient (Wildman–Crippen LogP) is 2.80. The fourth-order valence-corrected chi connectivity index (χ4v) is 1.81. The lowest BCUT2D eigenvalue weighted by molar-refractivity contribution is -0.137. The van der Waals surface area contributed by atoms with Crippen molar-refractivity contribution in [1.29, 1.82) is 0 Å². The van der Waals surface area contributed by atoms with E-state index in [1.165, 1.54) is 12.1 Å². The van der Waals surface area contributed by atoms with E-state index in [-0.39, 0.29) is 18.0 Å². The van der Waals surface area contributed by atoms with Gasteiger partial charge < -0.3 is 5.11 Å². The minimum absolute atomic E-state index is 0.0851. The summed E-state index contributed by atoms with van der Waals surface area (Å²) in [7, 11) is 0. The van der Waals surface area contributed by atoms with E-state index in [9.17, 15) is 14.3 Å². The maximum Gasteiger partial charge on any atom is 0.168 e. The first-order chi connectivity index (χ1) is 7.92. The van der Waals surface area contributed by atoms with Gasteiger partial charge in [-0.1, -0.05) is 19.9 Å². The van der Waals surface area contributed by atoms with Gasteiger partial charge in [0, 0.05) is 6.42 Å². The Bertz CT molecular complexity index is 409. The molecule has 0 aliphatic heterocycles. The highest BCUT2D eigenvalue weighted by molar-refractivity contribution is 5.89. The number of halogens is 1. The Morgan fingerprint density at radius 2 is 1.94 bits per heavy atom. The summed E-state index contributed by atoms with van der Waals surface area (Å²) in [5, 5.41) is 10.1. The van der Waals surface area contributed by atoms with Crippen LogP contribution in [-0.4, -0.2) is 16.5 Å². The quantitative estimate of drug-likeness (QED) is 0.856. The summed E-state index contributed by atoms with van der Waals surface area (Å²) >= 11 is 0. The molecule has 0 aliphatic rings. The van der Waals surface area contributed by atoms with Crippen LogP contribution in [0.15, 0.2) is 18.2 Å². The molecule has 0 heterocycles. The second kappa shape index (κ2) is 5.41. The van der Waals surface area contributed by atoms with Crippen LogP contribution in [-0.2, 0) is 11.2 Å². The number of aryl methyl sites for hydroxylation is 1. The van der Waals surface area contributed by atoms with Crippen molar-refractivity contribution in [3.8, 4) is 0 Å². The van der Waals surface area contributed by atoms with Gasteiger partial charge in [-0.25, -0.2) is 4.39 Å². The van der Waals surface area contributed by atoms with Gasteiger partial charge in [0.1, 0.15) is 11.4 Å². The Labute approximate surface area is 101 Å². The van der Waals surface area contributed by atoms with E-state index in [1.54, 1.807) is 19.9 Å². The average Bonchev–Trinajstić information content (AvgIpc) is 2.32. The molecule has 0 spiro atoms. The van der Waals surface area contributed by atoms with E-state index in [0.717, 1.165) is 5.56 Å². The second-order valence-electron chi connectivity index (χ2n) is 4.41. The number of hydrogen-bond donors (Lipinski definition) is 1. The van der Waals surface area contributed by atoms with Gasteiger partial charge in [-0.05, 0) is 43.0 Å². The summed E-state index contributed by atoms with van der Waals surface area (Å²) in [4.78, 5) is 12.0. The van der Waals surface area contributed by atoms with Crippen LogP contribution < -0.4 is 0 Å². The first-order valence-corrected chi connectivity index (χ1v) is 5.93. The van der Waals surface area contributed by atoms with Crippen LogP contribution in [0.4, 0.5) is 4.39 Å². The van der Waals surface area contributed by atoms with E-state index < -0.39 is 5.60 Å². The molecule has 0 atom stereocenters. The maximum atomic E-state index is 13.1. The molecule has 17 heavy (non-hydrogen) atoms. The molecular weight excluding hydrogens is 219 g/mol. The van der Waals surface area contributed by atoms with Crippen LogP contribution in [0.1, 0.15) is 37.8 Å². The van der Waals surface area contributed by atoms with Crippen molar-refractivity contribution < 1.29 is 14.3 Å². The zero-order valence-electron chi connectivity index (χ0n) is 10.6. The summed E-state index contributed by atoms with van der Waals surface area (Å²) in [5.74, 6) is -0.592. The van der Waals surface area contributed by atoms with Gasteiger partial charge >= 0.3 is 0 Å². The Morgan fingerprint density at radius 1 is 1.35 bits per heavy atom. The number of rotatable bonds is 5. The van der Waals surface area contributed by atoms with Crippen molar-refractivity contribution in [1.82, 2.24) is 0 Å². The molecule has 0 unspecified atom stereocenters. The molecule has 2 nitrogen and oxygen atoms in total. The fourth-order valence-electron chi connectivity index (χ4n) is 1.81. The van der Waals surface area contributed by atoms with Crippen molar-refractivity contribution in [2.45, 2.75) is 45.6 Å². The number of hydrogen-bond acceptors (Lipinski definition) is 2. The molecule has 0 saturated heterocycles. The van der Waals surface area contributed by atoms with Gasteiger partial charge in [0.2, 0.25) is 0 Å². The summed E-state index contributed by atoms with van der Waals surface area (Å²) in [6, 6.07) is 4.38. The lowest BCUT2D eigenvalue weighted by Gasteiger charge is -2.23. The number of carbonyl (C=O) groups is 1. The maximum absolute atomic E-state index is 13.1. The largest absolute Gasteiger partial charge is 0.382 e. The molecule has 0 bridgehead atoms. The van der Waals surface area contributed by atoms with E-state index in [4.69, 9.17) is 0 Å². The SMILES string of the molecule is CCC(O)(CC)C(=O)Cc1cc(F)ccc1C. The molecule has 0 aliphatic carbocycles. The molecule has 1 aromatic rings. The highest BCUT2D eigenvalue weighted by Crippen LogP contribution is 2.20. The van der Waals surface area contributed by atoms with Gasteiger partial charge in [0.25, 0.3) is 0 Å². The van der Waals surface area contributed by atoms with Crippen LogP contribution in [0.25, 0.3) is 0 Å². The van der Waals surface area contributed by atoms with Crippen LogP contribution >= 0.6 is 0 Å². The van der Waals surface area contributed by atoms with Crippen molar-refractivity contribution in [3.63, 3.8) is 0 Å². The summed E-state index contributed by atoms with van der Waals surface area (Å²) in [5.41, 5.74) is 0.239. The standard InChI is InChI=1S/C14H19FO2/c1-4-14(17,5-2)13(16)9-11-8-12(15)7-6-10(11)3/h6-8,17H,4-5,9H2,1-3H3. The summed E-state index contributed by atoms with van der Waals surface area (Å²) < 4.78 is 13.1. The molecule has 3 heteroatoms. The third kappa shape index (κ3) is 3.13. The van der Waals surface area contributed by atoms with Crippen LogP contribution in [0.3, 0.4) is 0 Å². The molecule has 94 valence electrons. The smallest absolute Gasteiger partial charge is 0.168 e. The molecule has 0 radical (unpaired) electrons. The predicted molar refractivity (Wildman–Crippen MR) is 65.4 cm³/mol. The Balaban J connectivity index is 2.91. The zero-order valence-corrected chi connectivity index (χ0v) is 10.6. The topological polar surface area (TPSA) is 37.3 Å². The van der Waals surface area contributed by atoms with Gasteiger partial charge in [0.05, 0.1) is 0 Å². The number of carbonyl (C=O) groups excluding carboxylic acids is 1. The molecule has 1 rings (SSSR count). The lowest BCUT2D eigenvalue weighted by Crippen LogP contribution is -2.38. The minimum atomic E-state index is -1.28. The monoisotopic (exact) mass is 238 g/mol. The Morgan fingerprint density at radius 3 is 2.47 bits per heavy atom. The van der Waals surface area contributed by atoms with Gasteiger partial charge in [-0.15, -0.1) is 0 Å². The number of Topliss-reactive ketones (excluding diaryl/α,β-unsaturated/α-hetero) is 1. The van der Waals surface area contributed by atoms with Crippen molar-refractivity contribution in [3.05, 3.63) is 35.1 Å². The third-order valence-electron chi connectivity index (χ3n) is 3.35. The van der Waals surface area contributed by atoms with Crippen molar-refractivity contribution >= 4 is 5.78 Å². The molecule has 0 fully saturated rings. The van der Waals surface area contributed by atoms with Gasteiger partial charge in [0.15, 0.2) is 5.78 Å². The lowest BCUT2D eigenvalue weighted by atomic mass is 9.87. The minimum Gasteiger partial charge on any atom is -0.382 e. The highest BCUT2D eigenvalue weighted by atomic mass is 19.1. The van der Waals surface area contributed by atoms with E-state index in [1.807, 2.05) is 6.92 Å². The van der Waals surface area contributed by atoms with Crippen LogP contribution in [0, 0.1) is 12.7 Å². The van der Waals surface area contributed by atoms with Crippen LogP contribution in [0.2, 0.25) is 0 Å². The Hall–Kier alpha value is -1.22. The summed E-state index contributed by atoms with van der Waals surface area (Å²) in [6.45, 7) is 5.39. The third-order valence-corrected chi connectivity index (χ3v) is 3.35. The molecule has 0 saturated carbocycles. The van der Waals surface area contributed by atoms with Gasteiger partial charge in [-0.3, -0.25) is 4.79 Å². The van der Waals surface area contributed by atoms with E-state index >= 15 is 0 Å². The van der Waals surface area contributed by atoms with E-state index in [2.05, 4.69) is 0 Å². The second-order valence-corrected chi connectivity index (χ2v) is 4.41. The van der Waals surface area contributed by atoms with Crippen LogP contribution in [0.5, 0.6) is 0 Å². The molecule has 0 amide bonds. The number of benzene rings is 1. The number of ketones is 1. The van der Waals surface area contributed by atoms with Gasteiger partial charge in [-0.2, -0.15) is 0 Å². The molecular formula is C14H19FO2. The highest BCUT2D eigenvalue weighted by Gasteiger charge is 2.31. The Kier molecular flexibility index (Phi) is 4.40. The number of aliphatic hydroxyl groups is 1. The average molecular weight is 238 g/mol. The van der Waals surface area contributed by atoms with E-state index in [0.29, 0.717) is 18.4 Å².